The monoisotopic (exact) mass is 215 g/mol. The second-order valence-corrected chi connectivity index (χ2v) is 4.70. The molecule has 0 unspecified atom stereocenters. The van der Waals surface area contributed by atoms with Crippen molar-refractivity contribution in [2.45, 2.75) is 58.8 Å². The van der Waals surface area contributed by atoms with Crippen LogP contribution in [-0.4, -0.2) is 19.8 Å². The molecule has 0 aromatic heterocycles. The van der Waals surface area contributed by atoms with E-state index in [-0.39, 0.29) is 0 Å². The van der Waals surface area contributed by atoms with Crippen molar-refractivity contribution in [1.29, 1.82) is 0 Å². The SMILES string of the molecule is CC(C)CCCCCCCOCCCN. The van der Waals surface area contributed by atoms with Gasteiger partial charge in [-0.3, -0.25) is 0 Å². The molecule has 0 aliphatic heterocycles. The minimum atomic E-state index is 0.745. The van der Waals surface area contributed by atoms with Crippen LogP contribution in [0.25, 0.3) is 0 Å². The molecule has 15 heavy (non-hydrogen) atoms. The fourth-order valence-corrected chi connectivity index (χ4v) is 1.57. The number of ether oxygens (including phenoxy) is 1. The van der Waals surface area contributed by atoms with Crippen molar-refractivity contribution in [3.8, 4) is 0 Å². The molecule has 0 bridgehead atoms. The van der Waals surface area contributed by atoms with E-state index in [0.717, 1.165) is 32.1 Å². The quantitative estimate of drug-likeness (QED) is 0.536. The van der Waals surface area contributed by atoms with E-state index in [1.165, 1.54) is 38.5 Å². The van der Waals surface area contributed by atoms with E-state index < -0.39 is 0 Å². The van der Waals surface area contributed by atoms with Crippen LogP contribution in [0.5, 0.6) is 0 Å². The molecule has 2 nitrogen and oxygen atoms in total. The third kappa shape index (κ3) is 13.9. The van der Waals surface area contributed by atoms with Gasteiger partial charge in [-0.2, -0.15) is 0 Å². The molecule has 0 radical (unpaired) electrons. The van der Waals surface area contributed by atoms with E-state index in [2.05, 4.69) is 13.8 Å². The molecule has 2 heteroatoms. The summed E-state index contributed by atoms with van der Waals surface area (Å²) in [6, 6.07) is 0. The molecule has 0 rings (SSSR count). The van der Waals surface area contributed by atoms with Crippen LogP contribution < -0.4 is 5.73 Å². The third-order valence-electron chi connectivity index (χ3n) is 2.56. The summed E-state index contributed by atoms with van der Waals surface area (Å²) in [7, 11) is 0. The van der Waals surface area contributed by atoms with E-state index in [0.29, 0.717) is 0 Å². The molecule has 0 amide bonds. The van der Waals surface area contributed by atoms with Crippen LogP contribution in [0.4, 0.5) is 0 Å². The molecule has 0 saturated heterocycles. The Morgan fingerprint density at radius 3 is 2.13 bits per heavy atom. The largest absolute Gasteiger partial charge is 0.381 e. The van der Waals surface area contributed by atoms with Crippen molar-refractivity contribution in [2.24, 2.45) is 11.7 Å². The first kappa shape index (κ1) is 14.9. The molecule has 0 aromatic rings. The summed E-state index contributed by atoms with van der Waals surface area (Å²) in [4.78, 5) is 0. The number of nitrogens with two attached hydrogens (primary N) is 1. The molecule has 0 aliphatic carbocycles. The predicted octanol–water partition coefficient (Wildman–Crippen LogP) is 3.35. The van der Waals surface area contributed by atoms with Crippen LogP contribution in [0.3, 0.4) is 0 Å². The zero-order valence-electron chi connectivity index (χ0n) is 10.6. The van der Waals surface area contributed by atoms with Gasteiger partial charge in [0.25, 0.3) is 0 Å². The summed E-state index contributed by atoms with van der Waals surface area (Å²) in [6.45, 7) is 7.10. The van der Waals surface area contributed by atoms with Gasteiger partial charge in [-0.25, -0.2) is 0 Å². The summed E-state index contributed by atoms with van der Waals surface area (Å²) in [5, 5.41) is 0. The van der Waals surface area contributed by atoms with E-state index in [1.807, 2.05) is 0 Å². The Hall–Kier alpha value is -0.0800. The van der Waals surface area contributed by atoms with Crippen LogP contribution in [-0.2, 0) is 4.74 Å². The smallest absolute Gasteiger partial charge is 0.0478 e. The molecule has 0 atom stereocenters. The maximum absolute atomic E-state index is 5.44. The van der Waals surface area contributed by atoms with Crippen molar-refractivity contribution in [3.63, 3.8) is 0 Å². The first-order chi connectivity index (χ1) is 7.27. The van der Waals surface area contributed by atoms with E-state index in [4.69, 9.17) is 10.5 Å². The van der Waals surface area contributed by atoms with Crippen LogP contribution in [0, 0.1) is 5.92 Å². The summed E-state index contributed by atoms with van der Waals surface area (Å²) in [5.74, 6) is 0.865. The molecule has 92 valence electrons. The van der Waals surface area contributed by atoms with Gasteiger partial charge in [-0.05, 0) is 25.3 Å². The summed E-state index contributed by atoms with van der Waals surface area (Å²) < 4.78 is 5.44. The lowest BCUT2D eigenvalue weighted by Crippen LogP contribution is -2.04. The lowest BCUT2D eigenvalue weighted by atomic mass is 10.0. The van der Waals surface area contributed by atoms with E-state index >= 15 is 0 Å². The Morgan fingerprint density at radius 2 is 1.47 bits per heavy atom. The van der Waals surface area contributed by atoms with Crippen LogP contribution in [0.15, 0.2) is 0 Å². The van der Waals surface area contributed by atoms with Gasteiger partial charge in [0.15, 0.2) is 0 Å². The predicted molar refractivity (Wildman–Crippen MR) is 67.0 cm³/mol. The van der Waals surface area contributed by atoms with Gasteiger partial charge in [0.05, 0.1) is 0 Å². The zero-order valence-corrected chi connectivity index (χ0v) is 10.6. The van der Waals surface area contributed by atoms with Crippen LogP contribution in [0.1, 0.15) is 58.8 Å². The Kier molecular flexibility index (Phi) is 11.9. The van der Waals surface area contributed by atoms with Crippen molar-refractivity contribution in [3.05, 3.63) is 0 Å². The van der Waals surface area contributed by atoms with Gasteiger partial charge in [0.1, 0.15) is 0 Å². The third-order valence-corrected chi connectivity index (χ3v) is 2.56. The van der Waals surface area contributed by atoms with Gasteiger partial charge in [-0.15, -0.1) is 0 Å². The van der Waals surface area contributed by atoms with Gasteiger partial charge >= 0.3 is 0 Å². The van der Waals surface area contributed by atoms with Crippen molar-refractivity contribution in [1.82, 2.24) is 0 Å². The molecule has 0 saturated carbocycles. The summed E-state index contributed by atoms with van der Waals surface area (Å²) in [5.41, 5.74) is 5.37. The lowest BCUT2D eigenvalue weighted by Gasteiger charge is -2.05. The van der Waals surface area contributed by atoms with Gasteiger partial charge in [0, 0.05) is 13.2 Å². The Labute approximate surface area is 95.6 Å². The highest BCUT2D eigenvalue weighted by molar-refractivity contribution is 4.48. The second kappa shape index (κ2) is 12.0. The normalized spacial score (nSPS) is 11.2. The molecule has 0 fully saturated rings. The zero-order chi connectivity index (χ0) is 11.4. The minimum absolute atomic E-state index is 0.745. The van der Waals surface area contributed by atoms with Crippen LogP contribution >= 0.6 is 0 Å². The maximum atomic E-state index is 5.44. The molecule has 0 heterocycles. The topological polar surface area (TPSA) is 35.2 Å². The number of hydrogen-bond acceptors (Lipinski definition) is 2. The lowest BCUT2D eigenvalue weighted by molar-refractivity contribution is 0.129. The Balaban J connectivity index is 2.87. The first-order valence-electron chi connectivity index (χ1n) is 6.55. The first-order valence-corrected chi connectivity index (χ1v) is 6.55. The Morgan fingerprint density at radius 1 is 0.867 bits per heavy atom. The maximum Gasteiger partial charge on any atom is 0.0478 e. The van der Waals surface area contributed by atoms with Crippen LogP contribution in [0.2, 0.25) is 0 Å². The molecule has 2 N–H and O–H groups in total. The highest BCUT2D eigenvalue weighted by Crippen LogP contribution is 2.10. The highest BCUT2D eigenvalue weighted by Gasteiger charge is 1.94. The average molecular weight is 215 g/mol. The van der Waals surface area contributed by atoms with Crippen molar-refractivity contribution < 1.29 is 4.74 Å². The second-order valence-electron chi connectivity index (χ2n) is 4.70. The number of unbranched alkanes of at least 4 members (excludes halogenated alkanes) is 4. The molecular weight excluding hydrogens is 186 g/mol. The standard InChI is InChI=1S/C13H29NO/c1-13(2)9-6-4-3-5-7-11-15-12-8-10-14/h13H,3-12,14H2,1-2H3. The molecule has 0 aliphatic rings. The van der Waals surface area contributed by atoms with Gasteiger partial charge in [0.2, 0.25) is 0 Å². The highest BCUT2D eigenvalue weighted by atomic mass is 16.5. The van der Waals surface area contributed by atoms with Crippen molar-refractivity contribution in [2.75, 3.05) is 19.8 Å². The van der Waals surface area contributed by atoms with E-state index in [9.17, 15) is 0 Å². The molecule has 0 aromatic carbocycles. The molecular formula is C13H29NO. The van der Waals surface area contributed by atoms with E-state index in [1.54, 1.807) is 0 Å². The fraction of sp³-hybridized carbons (Fsp3) is 1.00. The fourth-order valence-electron chi connectivity index (χ4n) is 1.57. The van der Waals surface area contributed by atoms with Crippen molar-refractivity contribution >= 4 is 0 Å². The Bertz CT molecular complexity index is 115. The summed E-state index contributed by atoms with van der Waals surface area (Å²) >= 11 is 0. The average Bonchev–Trinajstić information content (AvgIpc) is 2.20. The number of rotatable bonds is 11. The number of hydrogen-bond donors (Lipinski definition) is 1. The molecule has 0 spiro atoms. The minimum Gasteiger partial charge on any atom is -0.381 e. The van der Waals surface area contributed by atoms with Gasteiger partial charge < -0.3 is 10.5 Å². The van der Waals surface area contributed by atoms with Gasteiger partial charge in [-0.1, -0.05) is 46.0 Å². The summed E-state index contributed by atoms with van der Waals surface area (Å²) in [6.07, 6.45) is 9.06.